The third-order valence-corrected chi connectivity index (χ3v) is 4.61. The van der Waals surface area contributed by atoms with Crippen LogP contribution in [0.25, 0.3) is 10.9 Å². The average Bonchev–Trinajstić information content (AvgIpc) is 3.20. The van der Waals surface area contributed by atoms with E-state index in [-0.39, 0.29) is 11.5 Å². The summed E-state index contributed by atoms with van der Waals surface area (Å²) in [6.07, 6.45) is -1.21. The van der Waals surface area contributed by atoms with Gasteiger partial charge in [0.25, 0.3) is 0 Å². The summed E-state index contributed by atoms with van der Waals surface area (Å²) in [5.41, 5.74) is 1.14. The third-order valence-electron chi connectivity index (χ3n) is 4.61. The van der Waals surface area contributed by atoms with Gasteiger partial charge < -0.3 is 29.2 Å². The van der Waals surface area contributed by atoms with Crippen LogP contribution in [0.15, 0.2) is 24.3 Å². The molecule has 1 unspecified atom stereocenters. The van der Waals surface area contributed by atoms with Gasteiger partial charge in [-0.15, -0.1) is 0 Å². The van der Waals surface area contributed by atoms with Crippen molar-refractivity contribution in [1.82, 2.24) is 10.2 Å². The van der Waals surface area contributed by atoms with Crippen LogP contribution in [0, 0.1) is 0 Å². The Morgan fingerprint density at radius 3 is 2.17 bits per heavy atom. The van der Waals surface area contributed by atoms with Crippen LogP contribution in [0.3, 0.4) is 0 Å². The normalized spacial score (nSPS) is 11.9. The minimum atomic E-state index is -1.21. The smallest absolute Gasteiger partial charge is 0.211 e. The van der Waals surface area contributed by atoms with Gasteiger partial charge in [-0.25, -0.2) is 0 Å². The van der Waals surface area contributed by atoms with Crippen molar-refractivity contribution in [3.05, 3.63) is 41.1 Å². The highest BCUT2D eigenvalue weighted by atomic mass is 16.5. The van der Waals surface area contributed by atoms with E-state index in [9.17, 15) is 15.0 Å². The number of nitrogens with zero attached hydrogens (tertiary/aromatic N) is 1. The van der Waals surface area contributed by atoms with Crippen molar-refractivity contribution in [3.63, 3.8) is 0 Å². The molecule has 0 amide bonds. The molecule has 3 rings (SSSR count). The Balaban J connectivity index is 2.16. The molecule has 0 aliphatic carbocycles. The zero-order chi connectivity index (χ0) is 21.1. The summed E-state index contributed by atoms with van der Waals surface area (Å²) in [4.78, 5) is 13.2. The molecule has 3 N–H and O–H groups in total. The number of aromatic amines is 1. The van der Waals surface area contributed by atoms with Gasteiger partial charge >= 0.3 is 0 Å². The number of hydrogen-bond acceptors (Lipinski definition) is 8. The van der Waals surface area contributed by atoms with E-state index in [2.05, 4.69) is 10.2 Å². The van der Waals surface area contributed by atoms with Crippen LogP contribution in [0.1, 0.15) is 27.7 Å². The molecular formula is C20H22N2O7. The third kappa shape index (κ3) is 3.45. The Morgan fingerprint density at radius 1 is 1.03 bits per heavy atom. The number of methoxy groups -OCH3 is 4. The summed E-state index contributed by atoms with van der Waals surface area (Å²) in [5.74, 6) is 1.06. The van der Waals surface area contributed by atoms with E-state index in [0.29, 0.717) is 45.0 Å². The molecule has 0 radical (unpaired) electrons. The van der Waals surface area contributed by atoms with Gasteiger partial charge in [-0.05, 0) is 24.3 Å². The van der Waals surface area contributed by atoms with Crippen LogP contribution >= 0.6 is 0 Å². The second-order valence-corrected chi connectivity index (χ2v) is 6.12. The number of aliphatic hydroxyl groups is 2. The molecule has 0 spiro atoms. The van der Waals surface area contributed by atoms with Gasteiger partial charge in [0.05, 0.1) is 40.6 Å². The highest BCUT2D eigenvalue weighted by molar-refractivity contribution is 6.15. The number of nitrogens with one attached hydrogen (secondary N) is 1. The molecule has 1 aromatic heterocycles. The lowest BCUT2D eigenvalue weighted by Crippen LogP contribution is -2.06. The van der Waals surface area contributed by atoms with Crippen LogP contribution in [-0.4, -0.2) is 61.2 Å². The van der Waals surface area contributed by atoms with Crippen LogP contribution in [0.2, 0.25) is 0 Å². The lowest BCUT2D eigenvalue weighted by molar-refractivity contribution is 0.0944. The molecule has 29 heavy (non-hydrogen) atoms. The van der Waals surface area contributed by atoms with Crippen molar-refractivity contribution in [2.75, 3.05) is 35.0 Å². The molecule has 0 aliphatic heterocycles. The molecule has 0 aliphatic rings. The fourth-order valence-electron chi connectivity index (χ4n) is 3.20. The van der Waals surface area contributed by atoms with Gasteiger partial charge in [-0.1, -0.05) is 0 Å². The van der Waals surface area contributed by atoms with E-state index in [0.717, 1.165) is 0 Å². The van der Waals surface area contributed by atoms with E-state index in [4.69, 9.17) is 18.9 Å². The minimum Gasteiger partial charge on any atom is -0.496 e. The number of rotatable bonds is 8. The lowest BCUT2D eigenvalue weighted by Gasteiger charge is -2.14. The number of aromatic nitrogens is 2. The summed E-state index contributed by atoms with van der Waals surface area (Å²) < 4.78 is 21.2. The van der Waals surface area contributed by atoms with E-state index in [1.165, 1.54) is 28.4 Å². The number of H-pyrrole nitrogens is 1. The Bertz CT molecular complexity index is 1020. The maximum atomic E-state index is 13.2. The predicted octanol–water partition coefficient (Wildman–Crippen LogP) is 1.85. The van der Waals surface area contributed by atoms with E-state index in [1.807, 2.05) is 0 Å². The molecule has 2 aromatic carbocycles. The average molecular weight is 402 g/mol. The predicted molar refractivity (Wildman–Crippen MR) is 104 cm³/mol. The highest BCUT2D eigenvalue weighted by Gasteiger charge is 2.24. The zero-order valence-corrected chi connectivity index (χ0v) is 16.5. The molecule has 9 nitrogen and oxygen atoms in total. The Hall–Kier alpha value is -3.30. The van der Waals surface area contributed by atoms with E-state index in [1.54, 1.807) is 24.3 Å². The topological polar surface area (TPSA) is 123 Å². The summed E-state index contributed by atoms with van der Waals surface area (Å²) in [6, 6.07) is 6.36. The second kappa shape index (κ2) is 8.38. The molecule has 1 heterocycles. The van der Waals surface area contributed by atoms with Crippen molar-refractivity contribution in [2.24, 2.45) is 0 Å². The number of benzene rings is 2. The van der Waals surface area contributed by atoms with Gasteiger partial charge in [0.2, 0.25) is 11.5 Å². The van der Waals surface area contributed by atoms with E-state index < -0.39 is 12.7 Å². The van der Waals surface area contributed by atoms with Crippen molar-refractivity contribution >= 4 is 16.7 Å². The maximum absolute atomic E-state index is 13.2. The van der Waals surface area contributed by atoms with Crippen molar-refractivity contribution in [3.8, 4) is 23.0 Å². The Labute approximate surface area is 166 Å². The second-order valence-electron chi connectivity index (χ2n) is 6.12. The summed E-state index contributed by atoms with van der Waals surface area (Å²) in [7, 11) is 5.85. The lowest BCUT2D eigenvalue weighted by atomic mass is 10.00. The molecule has 0 saturated carbocycles. The van der Waals surface area contributed by atoms with Gasteiger partial charge in [0.15, 0.2) is 11.5 Å². The minimum absolute atomic E-state index is 0.211. The first-order chi connectivity index (χ1) is 14.0. The number of hydrogen-bond donors (Lipinski definition) is 3. The molecule has 0 fully saturated rings. The highest BCUT2D eigenvalue weighted by Crippen LogP contribution is 2.39. The Kier molecular flexibility index (Phi) is 5.90. The van der Waals surface area contributed by atoms with Crippen molar-refractivity contribution in [2.45, 2.75) is 6.10 Å². The largest absolute Gasteiger partial charge is 0.496 e. The zero-order valence-electron chi connectivity index (χ0n) is 16.5. The molecular weight excluding hydrogens is 380 g/mol. The van der Waals surface area contributed by atoms with Gasteiger partial charge in [0, 0.05) is 10.9 Å². The van der Waals surface area contributed by atoms with Gasteiger partial charge in [-0.2, -0.15) is 5.10 Å². The van der Waals surface area contributed by atoms with Crippen LogP contribution in [0.4, 0.5) is 0 Å². The van der Waals surface area contributed by atoms with Crippen LogP contribution in [-0.2, 0) is 0 Å². The number of carbonyl (C=O) groups is 1. The number of ketones is 1. The molecule has 1 atom stereocenters. The van der Waals surface area contributed by atoms with E-state index >= 15 is 0 Å². The SMILES string of the molecule is COc1cc(C(=O)c2[nH]nc3c(C(O)CO)c(OC)ccc23)cc(OC)c1OC. The van der Waals surface area contributed by atoms with Gasteiger partial charge in [0.1, 0.15) is 23.1 Å². The first kappa shape index (κ1) is 20.4. The van der Waals surface area contributed by atoms with Crippen LogP contribution < -0.4 is 18.9 Å². The summed E-state index contributed by atoms with van der Waals surface area (Å²) in [5, 5.41) is 26.9. The monoisotopic (exact) mass is 402 g/mol. The number of ether oxygens (including phenoxy) is 4. The van der Waals surface area contributed by atoms with Crippen molar-refractivity contribution < 1.29 is 34.0 Å². The summed E-state index contributed by atoms with van der Waals surface area (Å²) >= 11 is 0. The molecule has 3 aromatic rings. The maximum Gasteiger partial charge on any atom is 0.211 e. The summed E-state index contributed by atoms with van der Waals surface area (Å²) in [6.45, 7) is -0.515. The fraction of sp³-hybridized carbons (Fsp3) is 0.300. The van der Waals surface area contributed by atoms with Gasteiger partial charge in [-0.3, -0.25) is 9.89 Å². The Morgan fingerprint density at radius 2 is 1.66 bits per heavy atom. The molecule has 0 saturated heterocycles. The fourth-order valence-corrected chi connectivity index (χ4v) is 3.20. The first-order valence-electron chi connectivity index (χ1n) is 8.69. The quantitative estimate of drug-likeness (QED) is 0.488. The number of aliphatic hydroxyl groups excluding tert-OH is 2. The molecule has 0 bridgehead atoms. The standard InChI is InChI=1S/C20H22N2O7/c1-26-13-6-5-11-17(16(13)12(24)9-23)21-22-18(11)19(25)10-7-14(27-2)20(29-4)15(8-10)28-3/h5-8,12,23-24H,9H2,1-4H3,(H,21,22). The number of fused-ring (bicyclic) bond motifs is 1. The number of carbonyl (C=O) groups excluding carboxylic acids is 1. The van der Waals surface area contributed by atoms with Crippen molar-refractivity contribution in [1.29, 1.82) is 0 Å². The molecule has 154 valence electrons. The van der Waals surface area contributed by atoms with Crippen LogP contribution in [0.5, 0.6) is 23.0 Å². The first-order valence-corrected chi connectivity index (χ1v) is 8.69. The molecule has 9 heteroatoms.